The Morgan fingerprint density at radius 2 is 1.82 bits per heavy atom. The van der Waals surface area contributed by atoms with Gasteiger partial charge in [-0.3, -0.25) is 19.2 Å². The van der Waals surface area contributed by atoms with E-state index in [1.807, 2.05) is 37.3 Å². The first-order valence-electron chi connectivity index (χ1n) is 16.6. The largest absolute Gasteiger partial charge is 0.444 e. The number of hydrogen-bond acceptors (Lipinski definition) is 6. The average Bonchev–Trinajstić information content (AvgIpc) is 3.34. The van der Waals surface area contributed by atoms with Crippen molar-refractivity contribution in [1.82, 2.24) is 20.0 Å². The number of allylic oxidation sites excluding steroid dienone is 2. The molecule has 1 N–H and O–H groups in total. The second-order valence-electron chi connectivity index (χ2n) is 13.6. The molecule has 1 aliphatic carbocycles. The molecule has 2 saturated heterocycles. The van der Waals surface area contributed by atoms with Crippen LogP contribution in [0.25, 0.3) is 0 Å². The number of benzene rings is 1. The van der Waals surface area contributed by atoms with Crippen LogP contribution in [0, 0.1) is 17.3 Å². The van der Waals surface area contributed by atoms with Crippen molar-refractivity contribution in [1.29, 1.82) is 0 Å². The van der Waals surface area contributed by atoms with Crippen LogP contribution in [-0.4, -0.2) is 89.7 Å². The molecule has 1 aromatic rings. The molecule has 10 heteroatoms. The van der Waals surface area contributed by atoms with E-state index in [0.717, 1.165) is 44.1 Å². The van der Waals surface area contributed by atoms with Gasteiger partial charge in [0.05, 0.1) is 18.0 Å². The maximum Gasteiger partial charge on any atom is 0.409 e. The summed E-state index contributed by atoms with van der Waals surface area (Å²) in [5, 5.41) is 3.00. The van der Waals surface area contributed by atoms with Crippen LogP contribution < -0.4 is 5.32 Å². The number of fused-ring (bicyclic) bond motifs is 2. The Hall–Kier alpha value is -3.69. The number of rotatable bonds is 5. The zero-order valence-corrected chi connectivity index (χ0v) is 26.9. The lowest BCUT2D eigenvalue weighted by atomic mass is 9.90. The molecule has 0 radical (unpaired) electrons. The second-order valence-corrected chi connectivity index (χ2v) is 13.6. The Balaban J connectivity index is 1.36. The molecule has 3 fully saturated rings. The van der Waals surface area contributed by atoms with Crippen molar-refractivity contribution >= 4 is 29.6 Å². The molecule has 0 aromatic heterocycles. The van der Waals surface area contributed by atoms with Gasteiger partial charge in [0.15, 0.2) is 5.78 Å². The topological polar surface area (TPSA) is 116 Å². The first-order chi connectivity index (χ1) is 21.6. The molecule has 244 valence electrons. The van der Waals surface area contributed by atoms with Crippen LogP contribution in [-0.2, 0) is 30.5 Å². The molecular formula is C35H48N4O6. The van der Waals surface area contributed by atoms with E-state index in [1.165, 1.54) is 4.90 Å². The molecule has 4 amide bonds. The number of Topliss-reactive ketones (excluding diaryl/α,β-unsaturated/α-hetero) is 1. The molecule has 6 atom stereocenters. The highest BCUT2D eigenvalue weighted by Gasteiger charge is 2.62. The fraction of sp³-hybridized carbons (Fsp3) is 0.629. The van der Waals surface area contributed by atoms with Gasteiger partial charge >= 0.3 is 6.09 Å². The molecule has 5 rings (SSSR count). The molecule has 1 aromatic carbocycles. The Bertz CT molecular complexity index is 1300. The highest BCUT2D eigenvalue weighted by molar-refractivity contribution is 5.98. The Morgan fingerprint density at radius 1 is 1.04 bits per heavy atom. The predicted molar refractivity (Wildman–Crippen MR) is 169 cm³/mol. The number of ketones is 1. The molecule has 4 aliphatic rings. The summed E-state index contributed by atoms with van der Waals surface area (Å²) in [5.74, 6) is -0.959. The standard InChI is InChI=1S/C35H48N4O6/c1-24-13-8-5-4-6-11-16-26-20-35(26,21-30(40)29-19-27(23-39(29)32(24)42)45-34(44)37(2)3)33(43)38-18-12-17-28(38)31(41)36-22-25-14-9-7-10-15-25/h7,9-11,14-16,24,26-29H,4-6,8,12-13,17-23H2,1-3H3,(H,36,41)/b16-11-/t24-,26-,27+,28+,29-,35+/m0/s1. The van der Waals surface area contributed by atoms with E-state index in [-0.39, 0.29) is 54.7 Å². The zero-order chi connectivity index (χ0) is 32.1. The lowest BCUT2D eigenvalue weighted by Crippen LogP contribution is -2.50. The van der Waals surface area contributed by atoms with Crippen molar-refractivity contribution in [3.05, 3.63) is 48.0 Å². The van der Waals surface area contributed by atoms with Crippen molar-refractivity contribution in [2.75, 3.05) is 27.2 Å². The van der Waals surface area contributed by atoms with Gasteiger partial charge in [-0.15, -0.1) is 0 Å². The molecule has 3 heterocycles. The number of nitrogens with one attached hydrogen (secondary N) is 1. The third kappa shape index (κ3) is 7.42. The van der Waals surface area contributed by atoms with E-state index in [2.05, 4.69) is 17.5 Å². The zero-order valence-electron chi connectivity index (χ0n) is 26.9. The maximum atomic E-state index is 14.4. The Labute approximate surface area is 266 Å². The van der Waals surface area contributed by atoms with Gasteiger partial charge in [0.25, 0.3) is 0 Å². The van der Waals surface area contributed by atoms with Gasteiger partial charge in [0.2, 0.25) is 17.7 Å². The third-order valence-corrected chi connectivity index (χ3v) is 10.0. The van der Waals surface area contributed by atoms with Gasteiger partial charge in [-0.25, -0.2) is 4.79 Å². The summed E-state index contributed by atoms with van der Waals surface area (Å²) in [6.07, 6.45) is 9.70. The molecular weight excluding hydrogens is 572 g/mol. The van der Waals surface area contributed by atoms with Gasteiger partial charge in [-0.05, 0) is 50.0 Å². The number of amides is 4. The van der Waals surface area contributed by atoms with E-state index < -0.39 is 29.7 Å². The summed E-state index contributed by atoms with van der Waals surface area (Å²) in [6, 6.07) is 8.33. The highest BCUT2D eigenvalue weighted by atomic mass is 16.6. The van der Waals surface area contributed by atoms with Crippen LogP contribution in [0.15, 0.2) is 42.5 Å². The SMILES string of the molecule is C[C@H]1CCCCC/C=C\[C@H]2C[C@@]2(C(=O)N2CCC[C@@H]2C(=O)NCc2ccccc2)CC(=O)[C@@H]2C[C@@H](OC(=O)N(C)C)CN2C1=O. The first-order valence-corrected chi connectivity index (χ1v) is 16.6. The summed E-state index contributed by atoms with van der Waals surface area (Å²) in [7, 11) is 3.19. The summed E-state index contributed by atoms with van der Waals surface area (Å²) >= 11 is 0. The number of carbonyl (C=O) groups is 5. The Kier molecular flexibility index (Phi) is 10.3. The number of likely N-dealkylation sites (tertiary alicyclic amines) is 1. The van der Waals surface area contributed by atoms with Crippen LogP contribution in [0.4, 0.5) is 4.79 Å². The summed E-state index contributed by atoms with van der Waals surface area (Å²) < 4.78 is 5.64. The fourth-order valence-corrected chi connectivity index (χ4v) is 7.25. The van der Waals surface area contributed by atoms with Crippen molar-refractivity contribution in [2.24, 2.45) is 17.3 Å². The fourth-order valence-electron chi connectivity index (χ4n) is 7.25. The van der Waals surface area contributed by atoms with Crippen LogP contribution in [0.2, 0.25) is 0 Å². The van der Waals surface area contributed by atoms with Crippen LogP contribution in [0.1, 0.15) is 76.7 Å². The molecule has 3 aliphatic heterocycles. The van der Waals surface area contributed by atoms with Gasteiger partial charge < -0.3 is 24.8 Å². The van der Waals surface area contributed by atoms with Crippen molar-refractivity contribution in [3.8, 4) is 0 Å². The highest BCUT2D eigenvalue weighted by Crippen LogP contribution is 2.58. The first kappa shape index (κ1) is 32.7. The maximum absolute atomic E-state index is 14.4. The minimum absolute atomic E-state index is 0.00707. The van der Waals surface area contributed by atoms with Crippen LogP contribution in [0.5, 0.6) is 0 Å². The van der Waals surface area contributed by atoms with E-state index >= 15 is 0 Å². The average molecular weight is 621 g/mol. The molecule has 1 saturated carbocycles. The van der Waals surface area contributed by atoms with Crippen LogP contribution in [0.3, 0.4) is 0 Å². The predicted octanol–water partition coefficient (Wildman–Crippen LogP) is 4.08. The van der Waals surface area contributed by atoms with E-state index in [0.29, 0.717) is 25.9 Å². The van der Waals surface area contributed by atoms with Crippen molar-refractivity contribution in [3.63, 3.8) is 0 Å². The van der Waals surface area contributed by atoms with Gasteiger partial charge in [0, 0.05) is 45.9 Å². The minimum atomic E-state index is -0.936. The smallest absolute Gasteiger partial charge is 0.409 e. The van der Waals surface area contributed by atoms with E-state index in [4.69, 9.17) is 4.74 Å². The number of hydrogen-bond donors (Lipinski definition) is 1. The Morgan fingerprint density at radius 3 is 2.58 bits per heavy atom. The number of carbonyl (C=O) groups excluding carboxylic acids is 5. The molecule has 0 unspecified atom stereocenters. The summed E-state index contributed by atoms with van der Waals surface area (Å²) in [4.78, 5) is 72.5. The van der Waals surface area contributed by atoms with E-state index in [9.17, 15) is 24.0 Å². The van der Waals surface area contributed by atoms with E-state index in [1.54, 1.807) is 23.9 Å². The minimum Gasteiger partial charge on any atom is -0.444 e. The second kappa shape index (κ2) is 14.2. The lowest BCUT2D eigenvalue weighted by Gasteiger charge is -2.31. The molecule has 0 bridgehead atoms. The van der Waals surface area contributed by atoms with Gasteiger partial charge in [0.1, 0.15) is 12.1 Å². The monoisotopic (exact) mass is 620 g/mol. The number of nitrogens with zero attached hydrogens (tertiary/aromatic N) is 3. The number of ether oxygens (including phenoxy) is 1. The quantitative estimate of drug-likeness (QED) is 0.496. The van der Waals surface area contributed by atoms with Crippen molar-refractivity contribution in [2.45, 2.75) is 95.9 Å². The molecule has 0 spiro atoms. The van der Waals surface area contributed by atoms with Gasteiger partial charge in [-0.1, -0.05) is 62.2 Å². The van der Waals surface area contributed by atoms with Crippen LogP contribution >= 0.6 is 0 Å². The third-order valence-electron chi connectivity index (χ3n) is 10.0. The molecule has 10 nitrogen and oxygen atoms in total. The van der Waals surface area contributed by atoms with Gasteiger partial charge in [-0.2, -0.15) is 0 Å². The molecule has 45 heavy (non-hydrogen) atoms. The normalized spacial score (nSPS) is 31.2. The lowest BCUT2D eigenvalue weighted by molar-refractivity contribution is -0.146. The summed E-state index contributed by atoms with van der Waals surface area (Å²) in [5.41, 5.74) is 0.0501. The summed E-state index contributed by atoms with van der Waals surface area (Å²) in [6.45, 7) is 2.93. The van der Waals surface area contributed by atoms with Crippen molar-refractivity contribution < 1.29 is 28.7 Å².